The van der Waals surface area contributed by atoms with Crippen LogP contribution in [0.1, 0.15) is 31.4 Å². The molecule has 0 saturated heterocycles. The molecule has 0 atom stereocenters. The minimum atomic E-state index is -0.483. The molecule has 1 aromatic carbocycles. The molecule has 0 aliphatic rings. The van der Waals surface area contributed by atoms with Crippen LogP contribution < -0.4 is 11.1 Å². The summed E-state index contributed by atoms with van der Waals surface area (Å²) in [5.41, 5.74) is 6.85. The van der Waals surface area contributed by atoms with Crippen LogP contribution in [-0.2, 0) is 6.54 Å². The molecule has 0 spiro atoms. The molecule has 19 heavy (non-hydrogen) atoms. The quantitative estimate of drug-likeness (QED) is 0.886. The number of nitrogens with one attached hydrogen (secondary N) is 1. The highest BCUT2D eigenvalue weighted by Gasteiger charge is 2.09. The number of aryl methyl sites for hydroxylation is 1. The number of amides is 2. The van der Waals surface area contributed by atoms with E-state index in [0.29, 0.717) is 17.8 Å². The van der Waals surface area contributed by atoms with E-state index in [1.165, 1.54) is 11.3 Å². The third kappa shape index (κ3) is 3.38. The van der Waals surface area contributed by atoms with Crippen LogP contribution in [-0.4, -0.2) is 16.8 Å². The molecular weight excluding hydrogens is 262 g/mol. The Bertz CT molecular complexity index is 622. The van der Waals surface area contributed by atoms with Crippen molar-refractivity contribution in [3.63, 3.8) is 0 Å². The Kier molecular flexibility index (Phi) is 3.91. The number of aromatic nitrogens is 1. The molecule has 2 amide bonds. The molecule has 0 fully saturated rings. The van der Waals surface area contributed by atoms with Crippen LogP contribution in [0.2, 0.25) is 0 Å². The molecule has 2 aromatic rings. The fourth-order valence-electron chi connectivity index (χ4n) is 1.58. The normalized spacial score (nSPS) is 10.2. The number of hydrogen-bond donors (Lipinski definition) is 2. The highest BCUT2D eigenvalue weighted by Crippen LogP contribution is 2.08. The van der Waals surface area contributed by atoms with E-state index in [9.17, 15) is 9.59 Å². The van der Waals surface area contributed by atoms with Crippen molar-refractivity contribution in [2.24, 2.45) is 5.73 Å². The molecule has 5 nitrogen and oxygen atoms in total. The predicted octanol–water partition coefficient (Wildman–Crippen LogP) is 1.48. The van der Waals surface area contributed by atoms with Crippen LogP contribution in [0.4, 0.5) is 0 Å². The Labute approximate surface area is 114 Å². The lowest BCUT2D eigenvalue weighted by atomic mass is 10.1. The van der Waals surface area contributed by atoms with Crippen molar-refractivity contribution in [2.75, 3.05) is 0 Å². The molecule has 0 bridgehead atoms. The Hall–Kier alpha value is -2.21. The highest BCUT2D eigenvalue weighted by molar-refractivity contribution is 7.09. The zero-order chi connectivity index (χ0) is 13.8. The fraction of sp³-hybridized carbons (Fsp3) is 0.154. The number of rotatable bonds is 4. The Morgan fingerprint density at radius 3 is 2.84 bits per heavy atom. The molecule has 1 aromatic heterocycles. The maximum atomic E-state index is 11.8. The van der Waals surface area contributed by atoms with Gasteiger partial charge in [0.05, 0.1) is 5.01 Å². The average Bonchev–Trinajstić information content (AvgIpc) is 2.83. The number of nitrogens with two attached hydrogens (primary N) is 1. The SMILES string of the molecule is Cc1nc(C(=O)NCc2cccc(C(N)=O)c2)cs1. The molecule has 3 N–H and O–H groups in total. The van der Waals surface area contributed by atoms with Gasteiger partial charge in [-0.1, -0.05) is 12.1 Å². The maximum absolute atomic E-state index is 11.8. The first-order chi connectivity index (χ1) is 9.06. The molecule has 98 valence electrons. The van der Waals surface area contributed by atoms with E-state index in [1.54, 1.807) is 23.6 Å². The van der Waals surface area contributed by atoms with Gasteiger partial charge in [-0.15, -0.1) is 11.3 Å². The van der Waals surface area contributed by atoms with Gasteiger partial charge in [0.15, 0.2) is 0 Å². The second-order valence-electron chi connectivity index (χ2n) is 4.00. The van der Waals surface area contributed by atoms with Gasteiger partial charge in [0.25, 0.3) is 5.91 Å². The second-order valence-corrected chi connectivity index (χ2v) is 5.06. The summed E-state index contributed by atoms with van der Waals surface area (Å²) < 4.78 is 0. The Morgan fingerprint density at radius 2 is 2.21 bits per heavy atom. The summed E-state index contributed by atoms with van der Waals surface area (Å²) in [6.07, 6.45) is 0. The van der Waals surface area contributed by atoms with Gasteiger partial charge in [-0.2, -0.15) is 0 Å². The molecule has 0 radical (unpaired) electrons. The van der Waals surface area contributed by atoms with E-state index in [1.807, 2.05) is 13.0 Å². The van der Waals surface area contributed by atoms with Crippen LogP contribution in [0.15, 0.2) is 29.6 Å². The zero-order valence-electron chi connectivity index (χ0n) is 10.3. The van der Waals surface area contributed by atoms with Crippen molar-refractivity contribution in [3.05, 3.63) is 51.5 Å². The van der Waals surface area contributed by atoms with Crippen molar-refractivity contribution in [1.82, 2.24) is 10.3 Å². The first kappa shape index (κ1) is 13.2. The number of nitrogens with zero attached hydrogens (tertiary/aromatic N) is 1. The van der Waals surface area contributed by atoms with E-state index in [2.05, 4.69) is 10.3 Å². The summed E-state index contributed by atoms with van der Waals surface area (Å²) in [5, 5.41) is 5.31. The van der Waals surface area contributed by atoms with Gasteiger partial charge in [0.1, 0.15) is 5.69 Å². The zero-order valence-corrected chi connectivity index (χ0v) is 11.2. The van der Waals surface area contributed by atoms with Gasteiger partial charge in [-0.25, -0.2) is 4.98 Å². The van der Waals surface area contributed by atoms with Crippen molar-refractivity contribution in [3.8, 4) is 0 Å². The van der Waals surface area contributed by atoms with Crippen molar-refractivity contribution < 1.29 is 9.59 Å². The number of benzene rings is 1. The van der Waals surface area contributed by atoms with Crippen molar-refractivity contribution in [2.45, 2.75) is 13.5 Å². The van der Waals surface area contributed by atoms with E-state index < -0.39 is 5.91 Å². The number of carbonyl (C=O) groups is 2. The fourth-order valence-corrected chi connectivity index (χ4v) is 2.17. The first-order valence-electron chi connectivity index (χ1n) is 5.65. The summed E-state index contributed by atoms with van der Waals surface area (Å²) in [6.45, 7) is 2.17. The Balaban J connectivity index is 2.01. The first-order valence-corrected chi connectivity index (χ1v) is 6.53. The van der Waals surface area contributed by atoms with Crippen LogP contribution in [0.5, 0.6) is 0 Å². The molecule has 0 unspecified atom stereocenters. The summed E-state index contributed by atoms with van der Waals surface area (Å²) in [5.74, 6) is -0.711. The lowest BCUT2D eigenvalue weighted by Crippen LogP contribution is -2.23. The van der Waals surface area contributed by atoms with Gasteiger partial charge in [-0.05, 0) is 24.6 Å². The molecule has 0 saturated carbocycles. The van der Waals surface area contributed by atoms with Crippen LogP contribution >= 0.6 is 11.3 Å². The standard InChI is InChI=1S/C13H13N3O2S/c1-8-16-11(7-19-8)13(18)15-6-9-3-2-4-10(5-9)12(14)17/h2-5,7H,6H2,1H3,(H2,14,17)(H,15,18). The number of hydrogen-bond acceptors (Lipinski definition) is 4. The van der Waals surface area contributed by atoms with Gasteiger partial charge >= 0.3 is 0 Å². The van der Waals surface area contributed by atoms with Crippen molar-refractivity contribution >= 4 is 23.2 Å². The van der Waals surface area contributed by atoms with E-state index >= 15 is 0 Å². The molecule has 0 aliphatic heterocycles. The maximum Gasteiger partial charge on any atom is 0.271 e. The summed E-state index contributed by atoms with van der Waals surface area (Å²) in [7, 11) is 0. The van der Waals surface area contributed by atoms with Crippen LogP contribution in [0, 0.1) is 6.92 Å². The van der Waals surface area contributed by atoms with Crippen molar-refractivity contribution in [1.29, 1.82) is 0 Å². The van der Waals surface area contributed by atoms with Crippen LogP contribution in [0.25, 0.3) is 0 Å². The lowest BCUT2D eigenvalue weighted by Gasteiger charge is -2.04. The highest BCUT2D eigenvalue weighted by atomic mass is 32.1. The second kappa shape index (κ2) is 5.62. The summed E-state index contributed by atoms with van der Waals surface area (Å²) in [4.78, 5) is 26.9. The molecule has 1 heterocycles. The lowest BCUT2D eigenvalue weighted by molar-refractivity contribution is 0.0946. The molecule has 0 aliphatic carbocycles. The monoisotopic (exact) mass is 275 g/mol. The smallest absolute Gasteiger partial charge is 0.271 e. The largest absolute Gasteiger partial charge is 0.366 e. The number of carbonyl (C=O) groups excluding carboxylic acids is 2. The summed E-state index contributed by atoms with van der Waals surface area (Å²) in [6, 6.07) is 6.85. The third-order valence-electron chi connectivity index (χ3n) is 2.52. The summed E-state index contributed by atoms with van der Waals surface area (Å²) >= 11 is 1.43. The van der Waals surface area contributed by atoms with Gasteiger partial charge in [0.2, 0.25) is 5.91 Å². The number of thiazole rings is 1. The average molecular weight is 275 g/mol. The number of primary amides is 1. The van der Waals surface area contributed by atoms with Gasteiger partial charge in [0, 0.05) is 17.5 Å². The van der Waals surface area contributed by atoms with Gasteiger partial charge in [-0.3, -0.25) is 9.59 Å². The van der Waals surface area contributed by atoms with E-state index in [4.69, 9.17) is 5.73 Å². The van der Waals surface area contributed by atoms with Crippen LogP contribution in [0.3, 0.4) is 0 Å². The predicted molar refractivity (Wildman–Crippen MR) is 73.0 cm³/mol. The van der Waals surface area contributed by atoms with E-state index in [0.717, 1.165) is 10.6 Å². The molecular formula is C13H13N3O2S. The third-order valence-corrected chi connectivity index (χ3v) is 3.29. The topological polar surface area (TPSA) is 85.1 Å². The molecule has 2 rings (SSSR count). The minimum Gasteiger partial charge on any atom is -0.366 e. The molecule has 6 heteroatoms. The van der Waals surface area contributed by atoms with Gasteiger partial charge < -0.3 is 11.1 Å². The minimum absolute atomic E-state index is 0.228. The van der Waals surface area contributed by atoms with E-state index in [-0.39, 0.29) is 5.91 Å². The Morgan fingerprint density at radius 1 is 1.42 bits per heavy atom.